The summed E-state index contributed by atoms with van der Waals surface area (Å²) in [4.78, 5) is 0. The second kappa shape index (κ2) is 9.77. The summed E-state index contributed by atoms with van der Waals surface area (Å²) in [7, 11) is 0. The first-order valence-electron chi connectivity index (χ1n) is 16.9. The van der Waals surface area contributed by atoms with Crippen molar-refractivity contribution in [1.29, 1.82) is 0 Å². The minimum Gasteiger partial charge on any atom is -0.0619 e. The van der Waals surface area contributed by atoms with Gasteiger partial charge in [-0.3, -0.25) is 0 Å². The maximum Gasteiger partial charge on any atom is 0.0159 e. The van der Waals surface area contributed by atoms with Gasteiger partial charge in [-0.2, -0.15) is 0 Å². The molecule has 0 radical (unpaired) electrons. The topological polar surface area (TPSA) is 0 Å². The molecule has 2 aliphatic rings. The zero-order valence-corrected chi connectivity index (χ0v) is 26.8. The average Bonchev–Trinajstić information content (AvgIpc) is 3.36. The maximum atomic E-state index is 2.41. The molecule has 8 aromatic rings. The van der Waals surface area contributed by atoms with E-state index in [9.17, 15) is 0 Å². The smallest absolute Gasteiger partial charge is 0.0159 e. The van der Waals surface area contributed by atoms with Crippen LogP contribution in [-0.4, -0.2) is 0 Å². The van der Waals surface area contributed by atoms with Crippen LogP contribution >= 0.6 is 0 Å². The van der Waals surface area contributed by atoms with Crippen LogP contribution < -0.4 is 0 Å². The molecule has 0 N–H and O–H groups in total. The third kappa shape index (κ3) is 3.95. The molecule has 47 heavy (non-hydrogen) atoms. The van der Waals surface area contributed by atoms with E-state index in [2.05, 4.69) is 159 Å². The Hall–Kier alpha value is -5.46. The van der Waals surface area contributed by atoms with E-state index in [1.54, 1.807) is 0 Å². The molecule has 0 saturated carbocycles. The van der Waals surface area contributed by atoms with E-state index in [1.165, 1.54) is 99.1 Å². The largest absolute Gasteiger partial charge is 0.0619 e. The highest BCUT2D eigenvalue weighted by Gasteiger charge is 2.35. The molecule has 8 aromatic carbocycles. The van der Waals surface area contributed by atoms with Crippen LogP contribution in [0.3, 0.4) is 0 Å². The molecule has 2 aliphatic carbocycles. The Kier molecular flexibility index (Phi) is 5.56. The molecule has 0 nitrogen and oxygen atoms in total. The molecule has 0 unspecified atom stereocenters. The minimum absolute atomic E-state index is 0.00582. The average molecular weight is 599 g/mol. The van der Waals surface area contributed by atoms with E-state index in [4.69, 9.17) is 0 Å². The van der Waals surface area contributed by atoms with Crippen molar-refractivity contribution in [2.75, 3.05) is 0 Å². The summed E-state index contributed by atoms with van der Waals surface area (Å²) >= 11 is 0. The Morgan fingerprint density at radius 3 is 1.79 bits per heavy atom. The van der Waals surface area contributed by atoms with Crippen molar-refractivity contribution < 1.29 is 0 Å². The summed E-state index contributed by atoms with van der Waals surface area (Å²) in [5.74, 6) is 0. The van der Waals surface area contributed by atoms with Gasteiger partial charge in [-0.1, -0.05) is 141 Å². The standard InChI is InChI=1S/C47H34/c1-47(2)43-9-4-3-8-40(43)41-24-22-38(28-44(41)47)37-19-18-35-26-34(16-17-36(35)27-37)29-10-12-30(13-11-29)39-23-20-33-15-14-31-6-5-7-32-21-25-42(39)46(33)45(31)32/h3-13,16-28H,14-15H2,1-2H3. The van der Waals surface area contributed by atoms with Crippen LogP contribution in [-0.2, 0) is 18.3 Å². The molecule has 222 valence electrons. The molecule has 0 aromatic heterocycles. The second-order valence-corrected chi connectivity index (χ2v) is 14.1. The lowest BCUT2D eigenvalue weighted by atomic mass is 9.81. The van der Waals surface area contributed by atoms with Gasteiger partial charge < -0.3 is 0 Å². The third-order valence-electron chi connectivity index (χ3n) is 11.1. The number of rotatable bonds is 3. The van der Waals surface area contributed by atoms with Gasteiger partial charge in [0.2, 0.25) is 0 Å². The van der Waals surface area contributed by atoms with Crippen molar-refractivity contribution in [2.24, 2.45) is 0 Å². The van der Waals surface area contributed by atoms with Crippen molar-refractivity contribution >= 4 is 32.3 Å². The van der Waals surface area contributed by atoms with Crippen LogP contribution in [0.4, 0.5) is 0 Å². The van der Waals surface area contributed by atoms with Crippen molar-refractivity contribution in [3.05, 3.63) is 168 Å². The summed E-state index contributed by atoms with van der Waals surface area (Å²) in [6.45, 7) is 4.70. The zero-order valence-electron chi connectivity index (χ0n) is 26.8. The van der Waals surface area contributed by atoms with E-state index in [1.807, 2.05) is 0 Å². The van der Waals surface area contributed by atoms with E-state index >= 15 is 0 Å². The van der Waals surface area contributed by atoms with Crippen molar-refractivity contribution in [3.63, 3.8) is 0 Å². The first-order valence-corrected chi connectivity index (χ1v) is 16.9. The lowest BCUT2D eigenvalue weighted by Crippen LogP contribution is -2.14. The second-order valence-electron chi connectivity index (χ2n) is 14.1. The molecule has 0 heterocycles. The Bertz CT molecular complexity index is 2580. The fourth-order valence-electron chi connectivity index (χ4n) is 8.64. The summed E-state index contributed by atoms with van der Waals surface area (Å²) in [6, 6.07) is 55.0. The lowest BCUT2D eigenvalue weighted by Gasteiger charge is -2.22. The van der Waals surface area contributed by atoms with Gasteiger partial charge >= 0.3 is 0 Å². The van der Waals surface area contributed by atoms with Crippen molar-refractivity contribution in [2.45, 2.75) is 32.1 Å². The predicted octanol–water partition coefficient (Wildman–Crippen LogP) is 12.6. The number of hydrogen-bond acceptors (Lipinski definition) is 0. The molecule has 0 atom stereocenters. The molecule has 10 rings (SSSR count). The van der Waals surface area contributed by atoms with Gasteiger partial charge in [0.25, 0.3) is 0 Å². The van der Waals surface area contributed by atoms with Crippen molar-refractivity contribution in [3.8, 4) is 44.5 Å². The number of aryl methyl sites for hydroxylation is 2. The Labute approximate surface area is 276 Å². The van der Waals surface area contributed by atoms with Crippen LogP contribution in [0.1, 0.15) is 36.1 Å². The summed E-state index contributed by atoms with van der Waals surface area (Å²) < 4.78 is 0. The Morgan fingerprint density at radius 2 is 0.979 bits per heavy atom. The Morgan fingerprint density at radius 1 is 0.383 bits per heavy atom. The minimum atomic E-state index is 0.00582. The molecular weight excluding hydrogens is 565 g/mol. The molecule has 0 aliphatic heterocycles. The van der Waals surface area contributed by atoms with Gasteiger partial charge in [-0.05, 0) is 130 Å². The van der Waals surface area contributed by atoms with Crippen LogP contribution in [0.5, 0.6) is 0 Å². The lowest BCUT2D eigenvalue weighted by molar-refractivity contribution is 0.660. The molecule has 0 bridgehead atoms. The molecular formula is C47H34. The first-order chi connectivity index (χ1) is 23.0. The van der Waals surface area contributed by atoms with E-state index in [0.717, 1.165) is 12.8 Å². The van der Waals surface area contributed by atoms with E-state index in [0.29, 0.717) is 0 Å². The van der Waals surface area contributed by atoms with Crippen LogP contribution in [0.25, 0.3) is 76.8 Å². The SMILES string of the molecule is CC1(C)c2ccccc2-c2ccc(-c3ccc4cc(-c5ccc(-c6ccc7c8c6ccc6cccc(c68)CC7)cc5)ccc4c3)cc21. The highest BCUT2D eigenvalue weighted by atomic mass is 14.4. The van der Waals surface area contributed by atoms with Crippen LogP contribution in [0.2, 0.25) is 0 Å². The van der Waals surface area contributed by atoms with Gasteiger partial charge in [0.05, 0.1) is 0 Å². The predicted molar refractivity (Wildman–Crippen MR) is 200 cm³/mol. The van der Waals surface area contributed by atoms with Gasteiger partial charge in [0, 0.05) is 5.41 Å². The monoisotopic (exact) mass is 598 g/mol. The van der Waals surface area contributed by atoms with Gasteiger partial charge in [-0.15, -0.1) is 0 Å². The maximum absolute atomic E-state index is 2.41. The summed E-state index contributed by atoms with van der Waals surface area (Å²) in [5.41, 5.74) is 16.2. The quantitative estimate of drug-likeness (QED) is 0.178. The third-order valence-corrected chi connectivity index (χ3v) is 11.1. The molecule has 0 spiro atoms. The summed E-state index contributed by atoms with van der Waals surface area (Å²) in [6.07, 6.45) is 2.25. The number of benzene rings is 8. The molecule has 0 amide bonds. The number of fused-ring (bicyclic) bond motifs is 4. The zero-order chi connectivity index (χ0) is 31.3. The highest BCUT2D eigenvalue weighted by Crippen LogP contribution is 2.49. The highest BCUT2D eigenvalue weighted by molar-refractivity contribution is 6.15. The van der Waals surface area contributed by atoms with Gasteiger partial charge in [-0.25, -0.2) is 0 Å². The van der Waals surface area contributed by atoms with Crippen LogP contribution in [0.15, 0.2) is 146 Å². The Balaban J connectivity index is 0.979. The van der Waals surface area contributed by atoms with E-state index in [-0.39, 0.29) is 5.41 Å². The van der Waals surface area contributed by atoms with E-state index < -0.39 is 0 Å². The van der Waals surface area contributed by atoms with Crippen LogP contribution in [0, 0.1) is 0 Å². The van der Waals surface area contributed by atoms with Gasteiger partial charge in [0.15, 0.2) is 0 Å². The first kappa shape index (κ1) is 26.7. The molecule has 0 fully saturated rings. The fourth-order valence-corrected chi connectivity index (χ4v) is 8.64. The normalized spacial score (nSPS) is 14.2. The molecule has 0 heteroatoms. The summed E-state index contributed by atoms with van der Waals surface area (Å²) in [5, 5.41) is 8.17. The number of hydrogen-bond donors (Lipinski definition) is 0. The fraction of sp³-hybridized carbons (Fsp3) is 0.106. The van der Waals surface area contributed by atoms with Gasteiger partial charge in [0.1, 0.15) is 0 Å². The molecule has 0 saturated heterocycles. The van der Waals surface area contributed by atoms with Crippen molar-refractivity contribution in [1.82, 2.24) is 0 Å².